The van der Waals surface area contributed by atoms with Crippen molar-refractivity contribution in [1.29, 1.82) is 0 Å². The number of carbonyl (C=O) groups is 4. The van der Waals surface area contributed by atoms with Gasteiger partial charge in [-0.05, 0) is 24.3 Å². The predicted molar refractivity (Wildman–Crippen MR) is 198 cm³/mol. The Morgan fingerprint density at radius 1 is 0.368 bits per heavy atom. The van der Waals surface area contributed by atoms with Gasteiger partial charge in [-0.15, -0.1) is 0 Å². The number of pyridine rings is 4. The standard InChI is InChI=1S/2C12H8N2.2C6H2Cl2O4.2Cu.3H2O/c2*1-3-9-5-6-10-4-2-8-14-12(10)11(9)13-7-1;2*7-1-3(9)5(11)2(8)6(12)4(1)10;;;;;/h2*1-8H;2*9,11H;;;3*1H2/q;;;;2*+2;;;/p-3. The molecule has 0 saturated carbocycles. The summed E-state index contributed by atoms with van der Waals surface area (Å²) in [6, 6.07) is 24.3. The number of hydrogen-bond acceptors (Lipinski definition) is 12. The fraction of sp³-hybridized carbons (Fsp3) is 0. The van der Waals surface area contributed by atoms with Crippen LogP contribution in [0.2, 0.25) is 0 Å². The van der Waals surface area contributed by atoms with E-state index in [1.807, 2.05) is 24.3 Å². The Bertz CT molecular complexity index is 2240. The molecule has 2 aliphatic carbocycles. The molecular formula is C36H23Cl4Cu2N4O11+. The van der Waals surface area contributed by atoms with Gasteiger partial charge in [0.25, 0.3) is 0 Å². The van der Waals surface area contributed by atoms with Gasteiger partial charge in [0.15, 0.2) is 0 Å². The molecule has 2 aliphatic rings. The first-order valence-corrected chi connectivity index (χ1v) is 16.0. The molecule has 2 aromatic carbocycles. The molecule has 8 rings (SSSR count). The van der Waals surface area contributed by atoms with Crippen molar-refractivity contribution < 1.29 is 90.2 Å². The van der Waals surface area contributed by atoms with Gasteiger partial charge in [0.1, 0.15) is 0 Å². The molecule has 21 heteroatoms. The van der Waals surface area contributed by atoms with Crippen molar-refractivity contribution in [2.75, 3.05) is 0 Å². The molecule has 0 unspecified atom stereocenters. The third-order valence-corrected chi connectivity index (χ3v) is 8.48. The normalized spacial score (nSPS) is 13.4. The van der Waals surface area contributed by atoms with E-state index in [0.29, 0.717) is 0 Å². The average Bonchev–Trinajstić information content (AvgIpc) is 3.20. The first-order valence-electron chi connectivity index (χ1n) is 14.5. The molecular weight excluding hydrogens is 933 g/mol. The van der Waals surface area contributed by atoms with Gasteiger partial charge in [0.2, 0.25) is 23.1 Å². The average molecular weight is 957 g/mol. The molecule has 4 aromatic heterocycles. The Labute approximate surface area is 361 Å². The van der Waals surface area contributed by atoms with Crippen LogP contribution in [0.1, 0.15) is 0 Å². The van der Waals surface area contributed by atoms with Crippen molar-refractivity contribution in [3.05, 3.63) is 141 Å². The fourth-order valence-corrected chi connectivity index (χ4v) is 5.26. The third kappa shape index (κ3) is 11.1. The second-order valence-electron chi connectivity index (χ2n) is 10.3. The Balaban J connectivity index is 0.000000715. The number of Topliss-reactive ketones (excluding diaryl/α,β-unsaturated/α-hetero) is 4. The van der Waals surface area contributed by atoms with E-state index in [1.165, 1.54) is 0 Å². The first-order chi connectivity index (χ1) is 24.8. The number of nitrogens with zero attached hydrogens (tertiary/aromatic N) is 4. The fourth-order valence-electron chi connectivity index (χ4n) is 4.57. The molecule has 302 valence electrons. The van der Waals surface area contributed by atoms with Crippen LogP contribution in [0.25, 0.3) is 43.6 Å². The minimum absolute atomic E-state index is 0. The van der Waals surface area contributed by atoms with E-state index in [4.69, 9.17) is 46.4 Å². The Hall–Kier alpha value is -5.00. The molecule has 15 nitrogen and oxygen atoms in total. The maximum atomic E-state index is 10.7. The zero-order valence-corrected chi connectivity index (χ0v) is 32.9. The number of rotatable bonds is 0. The molecule has 0 amide bonds. The zero-order chi connectivity index (χ0) is 37.7. The Kier molecular flexibility index (Phi) is 20.7. The maximum Gasteiger partial charge on any atom is 2.00 e. The zero-order valence-electron chi connectivity index (χ0n) is 28.0. The molecule has 57 heavy (non-hydrogen) atoms. The summed E-state index contributed by atoms with van der Waals surface area (Å²) in [7, 11) is 0. The quantitative estimate of drug-likeness (QED) is 0.0661. The first kappa shape index (κ1) is 52.0. The molecule has 0 bridgehead atoms. The van der Waals surface area contributed by atoms with Crippen LogP contribution in [0.15, 0.2) is 141 Å². The second-order valence-corrected chi connectivity index (χ2v) is 11.8. The van der Waals surface area contributed by atoms with Crippen molar-refractivity contribution in [3.8, 4) is 0 Å². The molecule has 4 heterocycles. The van der Waals surface area contributed by atoms with Crippen molar-refractivity contribution >= 4 is 113 Å². The van der Waals surface area contributed by atoms with Crippen molar-refractivity contribution in [3.63, 3.8) is 0 Å². The van der Waals surface area contributed by atoms with Crippen LogP contribution in [0, 0.1) is 0 Å². The number of hydrogen-bond donors (Lipinski definition) is 0. The largest absolute Gasteiger partial charge is 2.00 e. The van der Waals surface area contributed by atoms with Gasteiger partial charge in [0.05, 0.1) is 42.2 Å². The molecule has 0 spiro atoms. The van der Waals surface area contributed by atoms with Crippen LogP contribution in [-0.2, 0) is 58.8 Å². The summed E-state index contributed by atoms with van der Waals surface area (Å²) in [4.78, 5) is 60.2. The van der Waals surface area contributed by atoms with Crippen LogP contribution in [0.3, 0.4) is 0 Å². The molecule has 0 aliphatic heterocycles. The second kappa shape index (κ2) is 22.7. The summed E-state index contributed by atoms with van der Waals surface area (Å²) in [6.07, 6.45) is 7.21. The van der Waals surface area contributed by atoms with E-state index in [9.17, 15) is 39.6 Å². The van der Waals surface area contributed by atoms with Gasteiger partial charge in [0, 0.05) is 46.3 Å². The van der Waals surface area contributed by atoms with E-state index >= 15 is 0 Å². The van der Waals surface area contributed by atoms with E-state index in [-0.39, 0.29) is 50.6 Å². The van der Waals surface area contributed by atoms with Gasteiger partial charge < -0.3 is 36.9 Å². The van der Waals surface area contributed by atoms with Crippen molar-refractivity contribution in [2.24, 2.45) is 0 Å². The smallest absolute Gasteiger partial charge is 0.872 e. The molecule has 0 saturated heterocycles. The summed E-state index contributed by atoms with van der Waals surface area (Å²) >= 11 is 20.3. The van der Waals surface area contributed by atoms with Crippen molar-refractivity contribution in [1.82, 2.24) is 19.9 Å². The summed E-state index contributed by atoms with van der Waals surface area (Å²) in [5, 5.41) is 43.8. The van der Waals surface area contributed by atoms with Gasteiger partial charge in [-0.3, -0.25) is 39.1 Å². The molecule has 6 aromatic rings. The maximum absolute atomic E-state index is 10.7. The van der Waals surface area contributed by atoms with E-state index in [0.717, 1.165) is 43.6 Å². The summed E-state index contributed by atoms with van der Waals surface area (Å²) in [6.45, 7) is 0. The van der Waals surface area contributed by atoms with Gasteiger partial charge in [-0.2, -0.15) is 0 Å². The predicted octanol–water partition coefficient (Wildman–Crippen LogP) is 0.509. The monoisotopic (exact) mass is 953 g/mol. The van der Waals surface area contributed by atoms with E-state index in [2.05, 4.69) is 68.5 Å². The summed E-state index contributed by atoms with van der Waals surface area (Å²) in [5.41, 5.74) is 3.91. The Morgan fingerprint density at radius 2 is 0.544 bits per heavy atom. The summed E-state index contributed by atoms with van der Waals surface area (Å²) < 4.78 is 0. The Morgan fingerprint density at radius 3 is 0.719 bits per heavy atom. The molecule has 7 N–H and O–H groups in total. The van der Waals surface area contributed by atoms with E-state index < -0.39 is 66.3 Å². The third-order valence-electron chi connectivity index (χ3n) is 7.11. The van der Waals surface area contributed by atoms with Crippen LogP contribution in [-0.4, -0.2) is 54.0 Å². The van der Waals surface area contributed by atoms with Gasteiger partial charge in [-0.1, -0.05) is 118 Å². The number of fused-ring (bicyclic) bond motifs is 6. The van der Waals surface area contributed by atoms with Crippen LogP contribution >= 0.6 is 46.4 Å². The number of benzene rings is 2. The van der Waals surface area contributed by atoms with Gasteiger partial charge >= 0.3 is 34.1 Å². The van der Waals surface area contributed by atoms with Crippen LogP contribution < -0.4 is 20.4 Å². The van der Waals surface area contributed by atoms with E-state index in [1.54, 1.807) is 24.8 Å². The minimum Gasteiger partial charge on any atom is -0.872 e. The molecule has 0 atom stereocenters. The molecule has 0 fully saturated rings. The molecule has 2 radical (unpaired) electrons. The number of carbonyl (C=O) groups excluding carboxylic acids is 4. The number of aromatic nitrogens is 4. The van der Waals surface area contributed by atoms with Crippen molar-refractivity contribution in [2.45, 2.75) is 0 Å². The SMILES string of the molecule is O.O.O=C1C(=O)C(Cl)=C([O-])C([O-])=C1Cl.O=C1C(=O)C(Cl)=C([O-])C([O-])=C1Cl.[Cu+2].[Cu+2].[OH3+].c1cnc2c(c1)ccc1cccnc12.c1cnc2c(c1)ccc1cccnc12. The number of halogens is 4. The minimum atomic E-state index is -1.23. The van der Waals surface area contributed by atoms with Crippen LogP contribution in [0.4, 0.5) is 0 Å². The topological polar surface area (TPSA) is 308 Å². The number of ketones is 4. The number of allylic oxidation sites excluding steroid dienone is 4. The summed E-state index contributed by atoms with van der Waals surface area (Å²) in [5.74, 6) is -9.84. The van der Waals surface area contributed by atoms with Gasteiger partial charge in [-0.25, -0.2) is 0 Å². The van der Waals surface area contributed by atoms with Crippen LogP contribution in [0.5, 0.6) is 0 Å².